The van der Waals surface area contributed by atoms with Crippen molar-refractivity contribution in [2.75, 3.05) is 11.9 Å². The molecule has 2 rings (SSSR count). The van der Waals surface area contributed by atoms with Gasteiger partial charge in [-0.1, -0.05) is 18.2 Å². The Morgan fingerprint density at radius 1 is 1.35 bits per heavy atom. The number of nitrogens with one attached hydrogen (secondary N) is 1. The van der Waals surface area contributed by atoms with Crippen molar-refractivity contribution in [3.05, 3.63) is 29.3 Å². The first-order chi connectivity index (χ1) is 9.30. The van der Waals surface area contributed by atoms with Crippen LogP contribution in [0.5, 0.6) is 0 Å². The summed E-state index contributed by atoms with van der Waals surface area (Å²) in [6.45, 7) is 8.20. The van der Waals surface area contributed by atoms with Crippen molar-refractivity contribution in [1.82, 2.24) is 4.90 Å². The van der Waals surface area contributed by atoms with Gasteiger partial charge >= 0.3 is 6.03 Å². The number of rotatable bonds is 2. The third-order valence-corrected chi connectivity index (χ3v) is 4.04. The third kappa shape index (κ3) is 2.96. The van der Waals surface area contributed by atoms with Gasteiger partial charge in [-0.2, -0.15) is 0 Å². The van der Waals surface area contributed by atoms with Gasteiger partial charge in [0.05, 0.1) is 11.6 Å². The van der Waals surface area contributed by atoms with E-state index in [1.54, 1.807) is 18.7 Å². The molecular formula is C16H24N2O2. The fraction of sp³-hybridized carbons (Fsp3) is 0.562. The van der Waals surface area contributed by atoms with E-state index in [9.17, 15) is 9.90 Å². The van der Waals surface area contributed by atoms with Gasteiger partial charge in [-0.3, -0.25) is 0 Å². The lowest BCUT2D eigenvalue weighted by molar-refractivity contribution is 0.0117. The summed E-state index contributed by atoms with van der Waals surface area (Å²) in [6, 6.07) is 5.72. The zero-order valence-corrected chi connectivity index (χ0v) is 12.7. The Kier molecular flexibility index (Phi) is 4.04. The quantitative estimate of drug-likeness (QED) is 0.872. The molecular weight excluding hydrogens is 252 g/mol. The van der Waals surface area contributed by atoms with Crippen molar-refractivity contribution in [2.24, 2.45) is 0 Å². The molecule has 20 heavy (non-hydrogen) atoms. The maximum Gasteiger partial charge on any atom is 0.322 e. The monoisotopic (exact) mass is 276 g/mol. The van der Waals surface area contributed by atoms with Gasteiger partial charge in [0.2, 0.25) is 0 Å². The summed E-state index contributed by atoms with van der Waals surface area (Å²) in [5.74, 6) is 0. The van der Waals surface area contributed by atoms with Crippen LogP contribution >= 0.6 is 0 Å². The summed E-state index contributed by atoms with van der Waals surface area (Å²) < 4.78 is 0. The number of urea groups is 1. The smallest absolute Gasteiger partial charge is 0.322 e. The molecule has 110 valence electrons. The van der Waals surface area contributed by atoms with Gasteiger partial charge in [0.25, 0.3) is 0 Å². The van der Waals surface area contributed by atoms with Gasteiger partial charge in [-0.25, -0.2) is 4.79 Å². The molecule has 4 heteroatoms. The minimum Gasteiger partial charge on any atom is -0.388 e. The number of aliphatic hydroxyl groups is 1. The van der Waals surface area contributed by atoms with Crippen molar-refractivity contribution in [3.8, 4) is 0 Å². The second kappa shape index (κ2) is 5.44. The number of amides is 2. The van der Waals surface area contributed by atoms with Crippen LogP contribution in [0.25, 0.3) is 0 Å². The molecule has 0 saturated carbocycles. The summed E-state index contributed by atoms with van der Waals surface area (Å²) in [7, 11) is 0. The summed E-state index contributed by atoms with van der Waals surface area (Å²) >= 11 is 0. The minimum atomic E-state index is -0.866. The number of anilines is 1. The highest BCUT2D eigenvalue weighted by atomic mass is 16.3. The second-order valence-electron chi connectivity index (χ2n) is 6.20. The topological polar surface area (TPSA) is 52.6 Å². The first kappa shape index (κ1) is 14.9. The maximum atomic E-state index is 12.5. The van der Waals surface area contributed by atoms with Gasteiger partial charge in [0, 0.05) is 12.2 Å². The van der Waals surface area contributed by atoms with E-state index in [-0.39, 0.29) is 12.1 Å². The van der Waals surface area contributed by atoms with Crippen LogP contribution in [0, 0.1) is 13.8 Å². The lowest BCUT2D eigenvalue weighted by Crippen LogP contribution is -2.49. The first-order valence-corrected chi connectivity index (χ1v) is 7.17. The van der Waals surface area contributed by atoms with Crippen LogP contribution in [-0.2, 0) is 0 Å². The van der Waals surface area contributed by atoms with E-state index < -0.39 is 5.60 Å². The maximum absolute atomic E-state index is 12.5. The molecule has 1 fully saturated rings. The van der Waals surface area contributed by atoms with Gasteiger partial charge in [0.15, 0.2) is 0 Å². The average molecular weight is 276 g/mol. The summed E-state index contributed by atoms with van der Waals surface area (Å²) in [6.07, 6.45) is 1.79. The zero-order chi connectivity index (χ0) is 14.9. The van der Waals surface area contributed by atoms with Crippen molar-refractivity contribution in [3.63, 3.8) is 0 Å². The molecule has 0 aromatic heterocycles. The van der Waals surface area contributed by atoms with Gasteiger partial charge in [-0.05, 0) is 51.7 Å². The highest BCUT2D eigenvalue weighted by molar-refractivity contribution is 5.91. The van der Waals surface area contributed by atoms with Crippen LogP contribution in [0.4, 0.5) is 10.5 Å². The Labute approximate surface area is 120 Å². The molecule has 1 heterocycles. The number of aryl methyl sites for hydroxylation is 2. The number of carbonyl (C=O) groups is 1. The molecule has 4 nitrogen and oxygen atoms in total. The average Bonchev–Trinajstić information content (AvgIpc) is 2.82. The van der Waals surface area contributed by atoms with E-state index in [0.29, 0.717) is 6.54 Å². The van der Waals surface area contributed by atoms with E-state index in [1.165, 1.54) is 0 Å². The van der Waals surface area contributed by atoms with E-state index in [1.807, 2.05) is 32.0 Å². The first-order valence-electron chi connectivity index (χ1n) is 7.17. The van der Waals surface area contributed by atoms with Crippen molar-refractivity contribution < 1.29 is 9.90 Å². The summed E-state index contributed by atoms with van der Waals surface area (Å²) in [5.41, 5.74) is 2.11. The Morgan fingerprint density at radius 3 is 2.50 bits per heavy atom. The Morgan fingerprint density at radius 2 is 1.95 bits per heavy atom. The van der Waals surface area contributed by atoms with Crippen molar-refractivity contribution in [2.45, 2.75) is 52.2 Å². The molecule has 1 aromatic rings. The van der Waals surface area contributed by atoms with Crippen molar-refractivity contribution >= 4 is 11.7 Å². The molecule has 2 amide bonds. The standard InChI is InChI=1S/C16H24N2O2/c1-11-7-5-8-12(2)14(11)17-15(19)18-10-6-9-13(18)16(3,4)20/h5,7-8,13,20H,6,9-10H2,1-4H3,(H,17,19). The molecule has 1 aliphatic rings. The number of likely N-dealkylation sites (tertiary alicyclic amines) is 1. The second-order valence-corrected chi connectivity index (χ2v) is 6.20. The number of hydrogen-bond donors (Lipinski definition) is 2. The van der Waals surface area contributed by atoms with Gasteiger partial charge in [-0.15, -0.1) is 0 Å². The fourth-order valence-corrected chi connectivity index (χ4v) is 2.93. The van der Waals surface area contributed by atoms with E-state index >= 15 is 0 Å². The molecule has 0 radical (unpaired) electrons. The number of carbonyl (C=O) groups excluding carboxylic acids is 1. The summed E-state index contributed by atoms with van der Waals surface area (Å²) in [4.78, 5) is 14.2. The lowest BCUT2D eigenvalue weighted by atomic mass is 9.97. The van der Waals surface area contributed by atoms with Crippen LogP contribution in [-0.4, -0.2) is 34.2 Å². The molecule has 0 aliphatic carbocycles. The molecule has 1 aromatic carbocycles. The van der Waals surface area contributed by atoms with Gasteiger partial charge in [0.1, 0.15) is 0 Å². The highest BCUT2D eigenvalue weighted by Crippen LogP contribution is 2.28. The molecule has 1 unspecified atom stereocenters. The van der Waals surface area contributed by atoms with Crippen LogP contribution < -0.4 is 5.32 Å². The fourth-order valence-electron chi connectivity index (χ4n) is 2.93. The number of para-hydroxylation sites is 1. The number of nitrogens with zero attached hydrogens (tertiary/aromatic N) is 1. The van der Waals surface area contributed by atoms with E-state index in [2.05, 4.69) is 5.32 Å². The molecule has 0 bridgehead atoms. The lowest BCUT2D eigenvalue weighted by Gasteiger charge is -2.34. The number of hydrogen-bond acceptors (Lipinski definition) is 2. The third-order valence-electron chi connectivity index (χ3n) is 4.04. The van der Waals surface area contributed by atoms with Crippen molar-refractivity contribution in [1.29, 1.82) is 0 Å². The van der Waals surface area contributed by atoms with Gasteiger partial charge < -0.3 is 15.3 Å². The largest absolute Gasteiger partial charge is 0.388 e. The Hall–Kier alpha value is -1.55. The Bertz CT molecular complexity index is 485. The minimum absolute atomic E-state index is 0.118. The van der Waals surface area contributed by atoms with Crippen LogP contribution in [0.3, 0.4) is 0 Å². The SMILES string of the molecule is Cc1cccc(C)c1NC(=O)N1CCCC1C(C)(C)O. The Balaban J connectivity index is 2.16. The molecule has 1 aliphatic heterocycles. The molecule has 1 atom stereocenters. The van der Waals surface area contributed by atoms with E-state index in [4.69, 9.17) is 0 Å². The van der Waals surface area contributed by atoms with E-state index in [0.717, 1.165) is 29.7 Å². The normalized spacial score (nSPS) is 19.2. The molecule has 2 N–H and O–H groups in total. The van der Waals surface area contributed by atoms with Crippen LogP contribution in [0.1, 0.15) is 37.8 Å². The summed E-state index contributed by atoms with van der Waals surface area (Å²) in [5, 5.41) is 13.2. The zero-order valence-electron chi connectivity index (χ0n) is 12.7. The highest BCUT2D eigenvalue weighted by Gasteiger charge is 2.38. The molecule has 1 saturated heterocycles. The predicted octanol–water partition coefficient (Wildman–Crippen LogP) is 3.07. The van der Waals surface area contributed by atoms with Crippen LogP contribution in [0.15, 0.2) is 18.2 Å². The number of benzene rings is 1. The van der Waals surface area contributed by atoms with Crippen LogP contribution in [0.2, 0.25) is 0 Å². The molecule has 0 spiro atoms. The predicted molar refractivity (Wildman–Crippen MR) is 81.0 cm³/mol.